The summed E-state index contributed by atoms with van der Waals surface area (Å²) in [5.41, 5.74) is 0. The smallest absolute Gasteiger partial charge is 0.107 e. The van der Waals surface area contributed by atoms with E-state index in [0.29, 0.717) is 13.2 Å². The largest absolute Gasteiger partial charge is 0.369 e. The van der Waals surface area contributed by atoms with Gasteiger partial charge in [-0.1, -0.05) is 43.9 Å². The van der Waals surface area contributed by atoms with Crippen molar-refractivity contribution in [2.75, 3.05) is 26.4 Å². The fourth-order valence-corrected chi connectivity index (χ4v) is 1.55. The van der Waals surface area contributed by atoms with Gasteiger partial charge in [0, 0.05) is 13.2 Å². The molecule has 0 aliphatic rings. The van der Waals surface area contributed by atoms with E-state index in [9.17, 15) is 0 Å². The van der Waals surface area contributed by atoms with Gasteiger partial charge < -0.3 is 9.47 Å². The molecule has 2 nitrogen and oxygen atoms in total. The highest BCUT2D eigenvalue weighted by Crippen LogP contribution is 2.07. The molecule has 0 radical (unpaired) electrons. The lowest BCUT2D eigenvalue weighted by atomic mass is 10.1. The lowest BCUT2D eigenvalue weighted by Crippen LogP contribution is -1.95. The minimum atomic E-state index is 0.442. The Morgan fingerprint density at radius 3 is 1.29 bits per heavy atom. The Balaban J connectivity index is 2.90. The molecule has 0 aromatic rings. The first kappa shape index (κ1) is 16.0. The van der Waals surface area contributed by atoms with Gasteiger partial charge in [0.05, 0.1) is 0 Å². The molecular weight excluding hydrogens is 212 g/mol. The maximum absolute atomic E-state index is 5.20. The summed E-state index contributed by atoms with van der Waals surface area (Å²) >= 11 is 0. The van der Waals surface area contributed by atoms with Crippen molar-refractivity contribution in [3.8, 4) is 24.7 Å². The molecule has 96 valence electrons. The van der Waals surface area contributed by atoms with Crippen LogP contribution in [0.4, 0.5) is 0 Å². The number of ether oxygens (including phenoxy) is 2. The van der Waals surface area contributed by atoms with Gasteiger partial charge in [0.2, 0.25) is 0 Å². The summed E-state index contributed by atoms with van der Waals surface area (Å²) in [4.78, 5) is 0. The summed E-state index contributed by atoms with van der Waals surface area (Å²) in [6.45, 7) is 2.48. The zero-order valence-corrected chi connectivity index (χ0v) is 10.7. The molecule has 0 rings (SSSR count). The third kappa shape index (κ3) is 15.0. The highest BCUT2D eigenvalue weighted by Gasteiger charge is 1.92. The number of hydrogen-bond acceptors (Lipinski definition) is 2. The molecule has 0 spiro atoms. The standard InChI is InChI=1S/C15H24O2/c1-3-12-16-14-10-8-6-5-7-9-11-15-17-13-4-2/h1-2H,5-15H2. The monoisotopic (exact) mass is 236 g/mol. The van der Waals surface area contributed by atoms with E-state index in [1.807, 2.05) is 0 Å². The lowest BCUT2D eigenvalue weighted by Gasteiger charge is -2.02. The maximum Gasteiger partial charge on any atom is 0.107 e. The van der Waals surface area contributed by atoms with E-state index in [1.165, 1.54) is 32.1 Å². The summed E-state index contributed by atoms with van der Waals surface area (Å²) in [7, 11) is 0. The highest BCUT2D eigenvalue weighted by molar-refractivity contribution is 4.83. The van der Waals surface area contributed by atoms with Crippen LogP contribution in [0.1, 0.15) is 44.9 Å². The number of hydrogen-bond donors (Lipinski definition) is 0. The molecule has 0 unspecified atom stereocenters. The van der Waals surface area contributed by atoms with E-state index >= 15 is 0 Å². The van der Waals surface area contributed by atoms with Crippen molar-refractivity contribution < 1.29 is 9.47 Å². The molecule has 0 bridgehead atoms. The molecule has 0 amide bonds. The molecule has 0 saturated heterocycles. The molecule has 0 aliphatic carbocycles. The van der Waals surface area contributed by atoms with Crippen molar-refractivity contribution in [3.05, 3.63) is 0 Å². The van der Waals surface area contributed by atoms with Gasteiger partial charge in [-0.05, 0) is 12.8 Å². The van der Waals surface area contributed by atoms with Crippen LogP contribution in [0.15, 0.2) is 0 Å². The predicted octanol–water partition coefficient (Wildman–Crippen LogP) is 3.02. The van der Waals surface area contributed by atoms with E-state index < -0.39 is 0 Å². The van der Waals surface area contributed by atoms with E-state index in [2.05, 4.69) is 11.8 Å². The summed E-state index contributed by atoms with van der Waals surface area (Å²) in [6.07, 6.45) is 18.7. The first-order valence-electron chi connectivity index (χ1n) is 6.44. The van der Waals surface area contributed by atoms with Gasteiger partial charge in [0.15, 0.2) is 0 Å². The van der Waals surface area contributed by atoms with E-state index in [0.717, 1.165) is 26.1 Å². The Kier molecular flexibility index (Phi) is 14.2. The Morgan fingerprint density at radius 1 is 0.588 bits per heavy atom. The van der Waals surface area contributed by atoms with Crippen LogP contribution in [0.3, 0.4) is 0 Å². The number of unbranched alkanes of at least 4 members (excludes halogenated alkanes) is 6. The molecule has 0 atom stereocenters. The SMILES string of the molecule is C#CCOCCCCCCCCCOCC#C. The average Bonchev–Trinajstić information content (AvgIpc) is 2.35. The second-order valence-corrected chi connectivity index (χ2v) is 3.99. The molecule has 0 fully saturated rings. The van der Waals surface area contributed by atoms with Crippen LogP contribution in [0, 0.1) is 24.7 Å². The molecule has 0 aromatic heterocycles. The minimum absolute atomic E-state index is 0.442. The van der Waals surface area contributed by atoms with Crippen molar-refractivity contribution >= 4 is 0 Å². The van der Waals surface area contributed by atoms with Crippen LogP contribution in [-0.4, -0.2) is 26.4 Å². The third-order valence-electron chi connectivity index (χ3n) is 2.45. The van der Waals surface area contributed by atoms with E-state index in [4.69, 9.17) is 22.3 Å². The van der Waals surface area contributed by atoms with Gasteiger partial charge in [-0.15, -0.1) is 12.8 Å². The average molecular weight is 236 g/mol. The van der Waals surface area contributed by atoms with Crippen LogP contribution in [0.25, 0.3) is 0 Å². The quantitative estimate of drug-likeness (QED) is 0.383. The van der Waals surface area contributed by atoms with Crippen molar-refractivity contribution in [1.29, 1.82) is 0 Å². The van der Waals surface area contributed by atoms with Crippen LogP contribution in [0.2, 0.25) is 0 Å². The topological polar surface area (TPSA) is 18.5 Å². The number of terminal acetylenes is 2. The van der Waals surface area contributed by atoms with Crippen molar-refractivity contribution in [2.24, 2.45) is 0 Å². The summed E-state index contributed by atoms with van der Waals surface area (Å²) in [5.74, 6) is 4.92. The first-order chi connectivity index (χ1) is 8.41. The summed E-state index contributed by atoms with van der Waals surface area (Å²) < 4.78 is 10.4. The van der Waals surface area contributed by atoms with Crippen molar-refractivity contribution in [3.63, 3.8) is 0 Å². The van der Waals surface area contributed by atoms with Gasteiger partial charge in [-0.3, -0.25) is 0 Å². The lowest BCUT2D eigenvalue weighted by molar-refractivity contribution is 0.160. The predicted molar refractivity (Wildman–Crippen MR) is 71.6 cm³/mol. The van der Waals surface area contributed by atoms with Crippen LogP contribution >= 0.6 is 0 Å². The summed E-state index contributed by atoms with van der Waals surface area (Å²) in [6, 6.07) is 0. The Labute approximate surface area is 106 Å². The summed E-state index contributed by atoms with van der Waals surface area (Å²) in [5, 5.41) is 0. The normalized spacial score (nSPS) is 9.76. The zero-order valence-electron chi connectivity index (χ0n) is 10.7. The molecule has 0 heterocycles. The molecule has 0 N–H and O–H groups in total. The molecule has 0 aromatic carbocycles. The second kappa shape index (κ2) is 15.0. The Morgan fingerprint density at radius 2 is 0.941 bits per heavy atom. The number of rotatable bonds is 12. The van der Waals surface area contributed by atoms with Crippen molar-refractivity contribution in [1.82, 2.24) is 0 Å². The molecule has 17 heavy (non-hydrogen) atoms. The van der Waals surface area contributed by atoms with Crippen LogP contribution < -0.4 is 0 Å². The first-order valence-corrected chi connectivity index (χ1v) is 6.44. The Bertz CT molecular complexity index is 198. The molecular formula is C15H24O2. The maximum atomic E-state index is 5.20. The fourth-order valence-electron chi connectivity index (χ4n) is 1.55. The van der Waals surface area contributed by atoms with Crippen LogP contribution in [-0.2, 0) is 9.47 Å². The van der Waals surface area contributed by atoms with E-state index in [1.54, 1.807) is 0 Å². The highest BCUT2D eigenvalue weighted by atomic mass is 16.5. The van der Waals surface area contributed by atoms with Gasteiger partial charge in [0.25, 0.3) is 0 Å². The second-order valence-electron chi connectivity index (χ2n) is 3.99. The van der Waals surface area contributed by atoms with Gasteiger partial charge in [0.1, 0.15) is 13.2 Å². The van der Waals surface area contributed by atoms with Crippen molar-refractivity contribution in [2.45, 2.75) is 44.9 Å². The zero-order chi connectivity index (χ0) is 12.6. The molecule has 0 saturated carbocycles. The third-order valence-corrected chi connectivity index (χ3v) is 2.45. The van der Waals surface area contributed by atoms with Gasteiger partial charge >= 0.3 is 0 Å². The minimum Gasteiger partial charge on any atom is -0.369 e. The fraction of sp³-hybridized carbons (Fsp3) is 0.733. The van der Waals surface area contributed by atoms with Gasteiger partial charge in [-0.25, -0.2) is 0 Å². The Hall–Kier alpha value is -0.960. The molecule has 2 heteroatoms. The van der Waals surface area contributed by atoms with Crippen LogP contribution in [0.5, 0.6) is 0 Å². The molecule has 0 aliphatic heterocycles. The van der Waals surface area contributed by atoms with E-state index in [-0.39, 0.29) is 0 Å². The van der Waals surface area contributed by atoms with Gasteiger partial charge in [-0.2, -0.15) is 0 Å².